The second-order valence-corrected chi connectivity index (χ2v) is 13.9. The highest BCUT2D eigenvalue weighted by Crippen LogP contribution is 2.45. The SMILES string of the molecule is CCCS(=O)(=O)N1Cc2ccccc2C2(CCN(C3CC4CCC(C3)N4C(=O)O[C@@H]3CCOC3)CC2)C1. The van der Waals surface area contributed by atoms with Crippen LogP contribution in [0.1, 0.15) is 69.4 Å². The first-order valence-corrected chi connectivity index (χ1v) is 15.9. The van der Waals surface area contributed by atoms with E-state index in [0.717, 1.165) is 58.0 Å². The predicted octanol–water partition coefficient (Wildman–Crippen LogP) is 3.50. The van der Waals surface area contributed by atoms with E-state index in [2.05, 4.69) is 23.1 Å². The van der Waals surface area contributed by atoms with Crippen molar-refractivity contribution in [2.45, 2.75) is 94.5 Å². The monoisotopic (exact) mass is 531 g/mol. The van der Waals surface area contributed by atoms with Crippen molar-refractivity contribution in [3.05, 3.63) is 35.4 Å². The second-order valence-electron chi connectivity index (χ2n) is 11.8. The standard InChI is InChI=1S/C28H41N3O5S/c1-2-15-37(33,34)30-18-21-5-3-4-6-26(21)28(20-30)10-12-29(13-11-28)24-16-22-7-8-23(17-24)31(22)27(32)36-25-9-14-35-19-25/h3-6,22-25H,2,7-20H2,1H3/t22?,23?,24?,25-/m1/s1. The van der Waals surface area contributed by atoms with Crippen LogP contribution in [0.5, 0.6) is 0 Å². The molecule has 3 atom stereocenters. The van der Waals surface area contributed by atoms with Gasteiger partial charge in [-0.3, -0.25) is 0 Å². The van der Waals surface area contributed by atoms with Crippen molar-refractivity contribution in [3.8, 4) is 0 Å². The van der Waals surface area contributed by atoms with Crippen LogP contribution in [0, 0.1) is 0 Å². The lowest BCUT2D eigenvalue weighted by Crippen LogP contribution is -2.58. The van der Waals surface area contributed by atoms with Gasteiger partial charge in [0, 0.05) is 43.1 Å². The quantitative estimate of drug-likeness (QED) is 0.579. The Hall–Kier alpha value is -1.68. The molecule has 6 rings (SSSR count). The molecule has 8 nitrogen and oxygen atoms in total. The highest BCUT2D eigenvalue weighted by molar-refractivity contribution is 7.89. The van der Waals surface area contributed by atoms with Crippen LogP contribution in [0.4, 0.5) is 4.79 Å². The molecule has 1 amide bonds. The number of nitrogens with zero attached hydrogens (tertiary/aromatic N) is 3. The van der Waals surface area contributed by atoms with Crippen molar-refractivity contribution in [1.29, 1.82) is 0 Å². The molecule has 5 aliphatic rings. The van der Waals surface area contributed by atoms with E-state index in [1.54, 1.807) is 4.31 Å². The smallest absolute Gasteiger partial charge is 0.410 e. The van der Waals surface area contributed by atoms with Gasteiger partial charge in [0.2, 0.25) is 10.0 Å². The lowest BCUT2D eigenvalue weighted by Gasteiger charge is -2.51. The summed E-state index contributed by atoms with van der Waals surface area (Å²) in [5, 5.41) is 0. The number of sulfonamides is 1. The third kappa shape index (κ3) is 4.81. The highest BCUT2D eigenvalue weighted by Gasteiger charge is 2.49. The summed E-state index contributed by atoms with van der Waals surface area (Å²) < 4.78 is 39.1. The minimum Gasteiger partial charge on any atom is -0.444 e. The zero-order chi connectivity index (χ0) is 25.6. The zero-order valence-corrected chi connectivity index (χ0v) is 22.8. The molecule has 1 aromatic carbocycles. The van der Waals surface area contributed by atoms with Crippen molar-refractivity contribution in [1.82, 2.24) is 14.1 Å². The molecular weight excluding hydrogens is 490 g/mol. The van der Waals surface area contributed by atoms with Crippen molar-refractivity contribution in [2.75, 3.05) is 38.6 Å². The molecule has 4 saturated heterocycles. The molecule has 0 radical (unpaired) electrons. The number of carbonyl (C=O) groups is 1. The van der Waals surface area contributed by atoms with Crippen LogP contribution < -0.4 is 0 Å². The van der Waals surface area contributed by atoms with Crippen LogP contribution in [0.3, 0.4) is 0 Å². The lowest BCUT2D eigenvalue weighted by molar-refractivity contribution is 0.00743. The Morgan fingerprint density at radius 2 is 1.81 bits per heavy atom. The maximum absolute atomic E-state index is 13.1. The van der Waals surface area contributed by atoms with Gasteiger partial charge in [-0.15, -0.1) is 0 Å². The van der Waals surface area contributed by atoms with E-state index in [9.17, 15) is 13.2 Å². The minimum atomic E-state index is -3.25. The molecule has 37 heavy (non-hydrogen) atoms. The maximum atomic E-state index is 13.1. The third-order valence-corrected chi connectivity index (χ3v) is 11.6. The van der Waals surface area contributed by atoms with Crippen molar-refractivity contribution < 1.29 is 22.7 Å². The summed E-state index contributed by atoms with van der Waals surface area (Å²) in [6.07, 6.45) is 7.29. The molecule has 0 N–H and O–H groups in total. The van der Waals surface area contributed by atoms with Crippen LogP contribution in [0.15, 0.2) is 24.3 Å². The summed E-state index contributed by atoms with van der Waals surface area (Å²) >= 11 is 0. The Balaban J connectivity index is 1.13. The Bertz CT molecular complexity index is 1080. The van der Waals surface area contributed by atoms with Gasteiger partial charge in [-0.25, -0.2) is 13.2 Å². The molecule has 1 aromatic rings. The Labute approximate surface area is 221 Å². The van der Waals surface area contributed by atoms with E-state index in [0.29, 0.717) is 38.8 Å². The van der Waals surface area contributed by atoms with Gasteiger partial charge < -0.3 is 19.3 Å². The summed E-state index contributed by atoms with van der Waals surface area (Å²) in [5.41, 5.74) is 2.41. The Morgan fingerprint density at radius 3 is 2.49 bits per heavy atom. The molecule has 0 saturated carbocycles. The van der Waals surface area contributed by atoms with E-state index in [1.165, 1.54) is 11.1 Å². The van der Waals surface area contributed by atoms with Crippen LogP contribution in [0.25, 0.3) is 0 Å². The van der Waals surface area contributed by atoms with Gasteiger partial charge in [0.1, 0.15) is 6.10 Å². The third-order valence-electron chi connectivity index (χ3n) is 9.62. The number of carbonyl (C=O) groups excluding carboxylic acids is 1. The molecule has 2 unspecified atom stereocenters. The zero-order valence-electron chi connectivity index (χ0n) is 22.0. The fraction of sp³-hybridized carbons (Fsp3) is 0.750. The van der Waals surface area contributed by atoms with E-state index < -0.39 is 10.0 Å². The molecule has 0 aromatic heterocycles. The Kier molecular flexibility index (Phi) is 7.01. The average Bonchev–Trinajstić information content (AvgIpc) is 3.49. The molecule has 9 heteroatoms. The van der Waals surface area contributed by atoms with Gasteiger partial charge in [-0.2, -0.15) is 4.31 Å². The maximum Gasteiger partial charge on any atom is 0.410 e. The first kappa shape index (κ1) is 25.6. The number of ether oxygens (including phenoxy) is 2. The minimum absolute atomic E-state index is 0.0954. The summed E-state index contributed by atoms with van der Waals surface area (Å²) in [6.45, 7) is 6.18. The van der Waals surface area contributed by atoms with E-state index >= 15 is 0 Å². The molecular formula is C28H41N3O5S. The molecule has 0 aliphatic carbocycles. The van der Waals surface area contributed by atoms with Gasteiger partial charge in [-0.05, 0) is 69.2 Å². The van der Waals surface area contributed by atoms with Gasteiger partial charge in [0.15, 0.2) is 0 Å². The molecule has 4 fully saturated rings. The van der Waals surface area contributed by atoms with Crippen LogP contribution in [-0.4, -0.2) is 91.4 Å². The number of likely N-dealkylation sites (tertiary alicyclic amines) is 1. The number of rotatable bonds is 5. The molecule has 5 heterocycles. The van der Waals surface area contributed by atoms with Gasteiger partial charge >= 0.3 is 6.09 Å². The first-order chi connectivity index (χ1) is 17.9. The lowest BCUT2D eigenvalue weighted by atomic mass is 9.69. The largest absolute Gasteiger partial charge is 0.444 e. The summed E-state index contributed by atoms with van der Waals surface area (Å²) in [7, 11) is -3.25. The molecule has 1 spiro atoms. The average molecular weight is 532 g/mol. The van der Waals surface area contributed by atoms with Crippen LogP contribution in [0.2, 0.25) is 0 Å². The topological polar surface area (TPSA) is 79.4 Å². The van der Waals surface area contributed by atoms with Crippen molar-refractivity contribution in [3.63, 3.8) is 0 Å². The number of hydrogen-bond acceptors (Lipinski definition) is 6. The van der Waals surface area contributed by atoms with Crippen molar-refractivity contribution >= 4 is 16.1 Å². The number of amides is 1. The molecule has 5 aliphatic heterocycles. The Morgan fingerprint density at radius 1 is 1.08 bits per heavy atom. The number of benzene rings is 1. The fourth-order valence-electron chi connectivity index (χ4n) is 7.73. The highest BCUT2D eigenvalue weighted by atomic mass is 32.2. The van der Waals surface area contributed by atoms with Crippen LogP contribution >= 0.6 is 0 Å². The molecule has 2 bridgehead atoms. The number of fused-ring (bicyclic) bond motifs is 4. The van der Waals surface area contributed by atoms with Gasteiger partial charge in [-0.1, -0.05) is 31.2 Å². The number of hydrogen-bond donors (Lipinski definition) is 0. The predicted molar refractivity (Wildman–Crippen MR) is 141 cm³/mol. The van der Waals surface area contributed by atoms with Gasteiger partial charge in [0.25, 0.3) is 0 Å². The fourth-order valence-corrected chi connectivity index (χ4v) is 9.28. The second kappa shape index (κ2) is 10.1. The summed E-state index contributed by atoms with van der Waals surface area (Å²) in [5.74, 6) is 0.217. The van der Waals surface area contributed by atoms with Crippen molar-refractivity contribution in [2.24, 2.45) is 0 Å². The number of piperidine rings is 2. The van der Waals surface area contributed by atoms with Crippen LogP contribution in [-0.2, 0) is 31.5 Å². The van der Waals surface area contributed by atoms with Gasteiger partial charge in [0.05, 0.1) is 19.0 Å². The van der Waals surface area contributed by atoms with E-state index in [4.69, 9.17) is 9.47 Å². The first-order valence-electron chi connectivity index (χ1n) is 14.3. The summed E-state index contributed by atoms with van der Waals surface area (Å²) in [6, 6.07) is 9.49. The molecule has 204 valence electrons. The summed E-state index contributed by atoms with van der Waals surface area (Å²) in [4.78, 5) is 17.6. The van der Waals surface area contributed by atoms with E-state index in [-0.39, 0.29) is 35.4 Å². The van der Waals surface area contributed by atoms with E-state index in [1.807, 2.05) is 17.9 Å². The normalized spacial score (nSPS) is 32.0.